The van der Waals surface area contributed by atoms with Crippen LogP contribution in [0.1, 0.15) is 20.8 Å². The lowest BCUT2D eigenvalue weighted by Gasteiger charge is -1.94. The molecule has 0 aliphatic heterocycles. The Hall–Kier alpha value is -1.05. The van der Waals surface area contributed by atoms with Gasteiger partial charge in [-0.05, 0) is 20.8 Å². The number of esters is 1. The second-order valence-electron chi connectivity index (χ2n) is 2.54. The van der Waals surface area contributed by atoms with Gasteiger partial charge in [-0.1, -0.05) is 17.2 Å². The summed E-state index contributed by atoms with van der Waals surface area (Å²) >= 11 is 0. The maximum atomic E-state index is 10.6. The largest absolute Gasteiger partial charge is 0.466 e. The quantitative estimate of drug-likeness (QED) is 0.346. The van der Waals surface area contributed by atoms with Crippen molar-refractivity contribution in [3.8, 4) is 0 Å². The van der Waals surface area contributed by atoms with Crippen molar-refractivity contribution in [2.24, 2.45) is 0 Å². The maximum absolute atomic E-state index is 10.6. The fourth-order valence-corrected chi connectivity index (χ4v) is 0.428. The number of carbonyl (C=O) groups is 1. The van der Waals surface area contributed by atoms with Crippen molar-refractivity contribution in [2.75, 3.05) is 7.11 Å². The Bertz CT molecular complexity index is 196. The van der Waals surface area contributed by atoms with Crippen LogP contribution in [-0.2, 0) is 9.53 Å². The molecule has 0 fully saturated rings. The molecule has 0 aromatic carbocycles. The number of rotatable bonds is 2. The predicted molar refractivity (Wildman–Crippen MR) is 45.2 cm³/mol. The third-order valence-corrected chi connectivity index (χ3v) is 1.46. The molecule has 0 aromatic rings. The molecule has 0 heterocycles. The Morgan fingerprint density at radius 3 is 2.09 bits per heavy atom. The summed E-state index contributed by atoms with van der Waals surface area (Å²) in [5, 5.41) is 0. The molecule has 62 valence electrons. The average Bonchev–Trinajstić information content (AvgIpc) is 1.99. The van der Waals surface area contributed by atoms with Crippen LogP contribution in [0, 0.1) is 0 Å². The molecule has 2 heteroatoms. The standard InChI is InChI=1S/C9H14O2/c1-7(2)8(3)5-6-9(10)11-4/h5-6H,1-4H3/b6-5+. The zero-order chi connectivity index (χ0) is 8.85. The number of methoxy groups -OCH3 is 1. The molecule has 0 aliphatic carbocycles. The van der Waals surface area contributed by atoms with Crippen molar-refractivity contribution in [2.45, 2.75) is 20.8 Å². The van der Waals surface area contributed by atoms with Crippen LogP contribution in [0.15, 0.2) is 23.3 Å². The number of allylic oxidation sites excluding steroid dienone is 3. The van der Waals surface area contributed by atoms with Gasteiger partial charge in [0.15, 0.2) is 0 Å². The van der Waals surface area contributed by atoms with Gasteiger partial charge < -0.3 is 4.74 Å². The fourth-order valence-electron chi connectivity index (χ4n) is 0.428. The minimum absolute atomic E-state index is 0.314. The van der Waals surface area contributed by atoms with E-state index in [0.29, 0.717) is 0 Å². The molecule has 0 N–H and O–H groups in total. The molecule has 0 amide bonds. The van der Waals surface area contributed by atoms with Gasteiger partial charge in [-0.3, -0.25) is 0 Å². The van der Waals surface area contributed by atoms with Gasteiger partial charge in [-0.2, -0.15) is 0 Å². The molecule has 11 heavy (non-hydrogen) atoms. The lowest BCUT2D eigenvalue weighted by atomic mass is 10.2. The van der Waals surface area contributed by atoms with E-state index in [2.05, 4.69) is 4.74 Å². The van der Waals surface area contributed by atoms with E-state index in [0.717, 1.165) is 5.57 Å². The first-order valence-electron chi connectivity index (χ1n) is 3.48. The first-order valence-corrected chi connectivity index (χ1v) is 3.48. The Balaban J connectivity index is 4.15. The van der Waals surface area contributed by atoms with E-state index in [1.165, 1.54) is 18.8 Å². The molecule has 0 atom stereocenters. The summed E-state index contributed by atoms with van der Waals surface area (Å²) in [4.78, 5) is 10.6. The SMILES string of the molecule is COC(=O)/C=C/C(C)=C(C)C. The van der Waals surface area contributed by atoms with Gasteiger partial charge >= 0.3 is 5.97 Å². The van der Waals surface area contributed by atoms with Crippen molar-refractivity contribution >= 4 is 5.97 Å². The lowest BCUT2D eigenvalue weighted by Crippen LogP contribution is -1.93. The molecule has 0 aliphatic rings. The number of hydrogen-bond donors (Lipinski definition) is 0. The Morgan fingerprint density at radius 1 is 1.18 bits per heavy atom. The van der Waals surface area contributed by atoms with Gasteiger partial charge in [-0.25, -0.2) is 4.79 Å². The zero-order valence-corrected chi connectivity index (χ0v) is 7.47. The molecule has 0 saturated carbocycles. The molecule has 0 rings (SSSR count). The van der Waals surface area contributed by atoms with E-state index in [9.17, 15) is 4.79 Å². The topological polar surface area (TPSA) is 26.3 Å². The van der Waals surface area contributed by atoms with Crippen LogP contribution >= 0.6 is 0 Å². The summed E-state index contributed by atoms with van der Waals surface area (Å²) in [5.41, 5.74) is 2.29. The predicted octanol–water partition coefficient (Wildman–Crippen LogP) is 2.07. The summed E-state index contributed by atoms with van der Waals surface area (Å²) in [5.74, 6) is -0.314. The minimum Gasteiger partial charge on any atom is -0.466 e. The van der Waals surface area contributed by atoms with Crippen LogP contribution in [0.3, 0.4) is 0 Å². The van der Waals surface area contributed by atoms with E-state index in [4.69, 9.17) is 0 Å². The van der Waals surface area contributed by atoms with Crippen LogP contribution in [0.25, 0.3) is 0 Å². The second kappa shape index (κ2) is 4.72. The van der Waals surface area contributed by atoms with E-state index >= 15 is 0 Å². The van der Waals surface area contributed by atoms with E-state index < -0.39 is 0 Å². The first-order chi connectivity index (χ1) is 5.07. The van der Waals surface area contributed by atoms with Gasteiger partial charge in [0.25, 0.3) is 0 Å². The molecule has 0 unspecified atom stereocenters. The molecule has 0 radical (unpaired) electrons. The smallest absolute Gasteiger partial charge is 0.330 e. The highest BCUT2D eigenvalue weighted by atomic mass is 16.5. The number of hydrogen-bond acceptors (Lipinski definition) is 2. The third-order valence-electron chi connectivity index (χ3n) is 1.46. The highest BCUT2D eigenvalue weighted by Crippen LogP contribution is 2.02. The second-order valence-corrected chi connectivity index (χ2v) is 2.54. The van der Waals surface area contributed by atoms with Gasteiger partial charge in [0.05, 0.1) is 7.11 Å². The average molecular weight is 154 g/mol. The summed E-state index contributed by atoms with van der Waals surface area (Å²) in [7, 11) is 1.37. The highest BCUT2D eigenvalue weighted by Gasteiger charge is 1.90. The van der Waals surface area contributed by atoms with Crippen molar-refractivity contribution in [3.63, 3.8) is 0 Å². The van der Waals surface area contributed by atoms with Gasteiger partial charge in [0.1, 0.15) is 0 Å². The monoisotopic (exact) mass is 154 g/mol. The Morgan fingerprint density at radius 2 is 1.73 bits per heavy atom. The Kier molecular flexibility index (Phi) is 4.27. The summed E-state index contributed by atoms with van der Waals surface area (Å²) in [6.07, 6.45) is 3.17. The normalized spacial score (nSPS) is 9.82. The van der Waals surface area contributed by atoms with Crippen LogP contribution < -0.4 is 0 Å². The van der Waals surface area contributed by atoms with Crippen molar-refractivity contribution in [1.29, 1.82) is 0 Å². The highest BCUT2D eigenvalue weighted by molar-refractivity contribution is 5.82. The zero-order valence-electron chi connectivity index (χ0n) is 7.47. The van der Waals surface area contributed by atoms with E-state index in [1.54, 1.807) is 6.08 Å². The van der Waals surface area contributed by atoms with Crippen LogP contribution in [0.4, 0.5) is 0 Å². The molecule has 0 bridgehead atoms. The first kappa shape index (κ1) is 9.95. The summed E-state index contributed by atoms with van der Waals surface area (Å²) in [6.45, 7) is 5.95. The van der Waals surface area contributed by atoms with Gasteiger partial charge in [0.2, 0.25) is 0 Å². The van der Waals surface area contributed by atoms with Gasteiger partial charge in [0, 0.05) is 6.08 Å². The number of ether oxygens (including phenoxy) is 1. The van der Waals surface area contributed by atoms with Gasteiger partial charge in [-0.15, -0.1) is 0 Å². The lowest BCUT2D eigenvalue weighted by molar-refractivity contribution is -0.134. The number of carbonyl (C=O) groups excluding carboxylic acids is 1. The van der Waals surface area contributed by atoms with Crippen LogP contribution in [-0.4, -0.2) is 13.1 Å². The van der Waals surface area contributed by atoms with Crippen LogP contribution in [0.2, 0.25) is 0 Å². The third kappa shape index (κ3) is 4.37. The molecular weight excluding hydrogens is 140 g/mol. The molecule has 2 nitrogen and oxygen atoms in total. The van der Waals surface area contributed by atoms with E-state index in [-0.39, 0.29) is 5.97 Å². The summed E-state index contributed by atoms with van der Waals surface area (Å²) < 4.78 is 4.43. The summed E-state index contributed by atoms with van der Waals surface area (Å²) in [6, 6.07) is 0. The Labute approximate surface area is 67.6 Å². The van der Waals surface area contributed by atoms with E-state index in [1.807, 2.05) is 20.8 Å². The van der Waals surface area contributed by atoms with Crippen molar-refractivity contribution in [1.82, 2.24) is 0 Å². The van der Waals surface area contributed by atoms with Crippen molar-refractivity contribution < 1.29 is 9.53 Å². The fraction of sp³-hybridized carbons (Fsp3) is 0.444. The molecule has 0 saturated heterocycles. The van der Waals surface area contributed by atoms with Crippen LogP contribution in [0.5, 0.6) is 0 Å². The molecular formula is C9H14O2. The molecule has 0 aromatic heterocycles. The molecule has 0 spiro atoms. The minimum atomic E-state index is -0.314. The van der Waals surface area contributed by atoms with Crippen molar-refractivity contribution in [3.05, 3.63) is 23.3 Å². The maximum Gasteiger partial charge on any atom is 0.330 e.